The number of rotatable bonds is 5. The summed E-state index contributed by atoms with van der Waals surface area (Å²) in [6.45, 7) is 3.40. The standard InChI is InChI=1S/C17H21FN2O3/c1-12-16(21)20-9-2-4-15(20)17(22)19(12)10-3-11-23-14-7-5-13(18)6-8-14/h5-8,12,15H,2-4,9-11H2,1H3/t12-,15-/m0/s1. The topological polar surface area (TPSA) is 49.9 Å². The van der Waals surface area contributed by atoms with Crippen LogP contribution in [0.4, 0.5) is 4.39 Å². The summed E-state index contributed by atoms with van der Waals surface area (Å²) in [4.78, 5) is 28.2. The lowest BCUT2D eigenvalue weighted by Gasteiger charge is -2.40. The summed E-state index contributed by atoms with van der Waals surface area (Å²) in [5.41, 5.74) is 0. The molecule has 2 amide bonds. The quantitative estimate of drug-likeness (QED) is 0.778. The number of carbonyl (C=O) groups is 2. The molecule has 0 unspecified atom stereocenters. The molecule has 0 aromatic heterocycles. The molecule has 0 radical (unpaired) electrons. The summed E-state index contributed by atoms with van der Waals surface area (Å²) >= 11 is 0. The molecule has 0 N–H and O–H groups in total. The maximum absolute atomic E-state index is 12.8. The lowest BCUT2D eigenvalue weighted by molar-refractivity contribution is -0.158. The highest BCUT2D eigenvalue weighted by Crippen LogP contribution is 2.26. The van der Waals surface area contributed by atoms with E-state index in [4.69, 9.17) is 4.74 Å². The van der Waals surface area contributed by atoms with Crippen LogP contribution in [0.1, 0.15) is 26.2 Å². The summed E-state index contributed by atoms with van der Waals surface area (Å²) in [5, 5.41) is 0. The minimum absolute atomic E-state index is 0.0477. The molecule has 0 bridgehead atoms. The number of hydrogen-bond donors (Lipinski definition) is 0. The molecule has 2 aliphatic rings. The zero-order valence-corrected chi connectivity index (χ0v) is 13.2. The molecule has 2 heterocycles. The molecule has 2 fully saturated rings. The van der Waals surface area contributed by atoms with E-state index in [2.05, 4.69) is 0 Å². The molecular weight excluding hydrogens is 299 g/mol. The second-order valence-electron chi connectivity index (χ2n) is 6.05. The van der Waals surface area contributed by atoms with Crippen molar-refractivity contribution in [3.05, 3.63) is 30.1 Å². The molecule has 2 aliphatic heterocycles. The molecule has 0 aliphatic carbocycles. The molecule has 1 aromatic carbocycles. The zero-order valence-electron chi connectivity index (χ0n) is 13.2. The molecular formula is C17H21FN2O3. The minimum atomic E-state index is -0.400. The van der Waals surface area contributed by atoms with E-state index < -0.39 is 6.04 Å². The molecule has 23 heavy (non-hydrogen) atoms. The van der Waals surface area contributed by atoms with Crippen LogP contribution in [-0.4, -0.2) is 53.4 Å². The van der Waals surface area contributed by atoms with Gasteiger partial charge in [-0.1, -0.05) is 0 Å². The normalized spacial score (nSPS) is 24.1. The SMILES string of the molecule is C[C@H]1C(=O)N2CCC[C@H]2C(=O)N1CCCOc1ccc(F)cc1. The number of carbonyl (C=O) groups excluding carboxylic acids is 2. The highest BCUT2D eigenvalue weighted by atomic mass is 19.1. The van der Waals surface area contributed by atoms with Crippen molar-refractivity contribution in [2.75, 3.05) is 19.7 Å². The van der Waals surface area contributed by atoms with Crippen LogP contribution in [0.3, 0.4) is 0 Å². The Kier molecular flexibility index (Phi) is 4.50. The molecule has 0 spiro atoms. The van der Waals surface area contributed by atoms with E-state index in [-0.39, 0.29) is 23.7 Å². The van der Waals surface area contributed by atoms with Crippen molar-refractivity contribution in [2.24, 2.45) is 0 Å². The Morgan fingerprint density at radius 2 is 1.96 bits per heavy atom. The van der Waals surface area contributed by atoms with Gasteiger partial charge in [0.05, 0.1) is 6.61 Å². The van der Waals surface area contributed by atoms with Crippen molar-refractivity contribution in [3.63, 3.8) is 0 Å². The van der Waals surface area contributed by atoms with Crippen LogP contribution in [0.25, 0.3) is 0 Å². The second kappa shape index (κ2) is 6.56. The number of ether oxygens (including phenoxy) is 1. The van der Waals surface area contributed by atoms with E-state index in [0.717, 1.165) is 12.8 Å². The van der Waals surface area contributed by atoms with Gasteiger partial charge in [0, 0.05) is 13.1 Å². The van der Waals surface area contributed by atoms with Gasteiger partial charge in [-0.25, -0.2) is 4.39 Å². The Balaban J connectivity index is 1.52. The van der Waals surface area contributed by atoms with Crippen molar-refractivity contribution in [3.8, 4) is 5.75 Å². The van der Waals surface area contributed by atoms with Gasteiger partial charge in [0.25, 0.3) is 0 Å². The van der Waals surface area contributed by atoms with Crippen LogP contribution in [-0.2, 0) is 9.59 Å². The first-order valence-corrected chi connectivity index (χ1v) is 8.07. The van der Waals surface area contributed by atoms with Gasteiger partial charge in [-0.3, -0.25) is 9.59 Å². The maximum Gasteiger partial charge on any atom is 0.246 e. The molecule has 3 rings (SSSR count). The predicted molar refractivity (Wildman–Crippen MR) is 82.4 cm³/mol. The largest absolute Gasteiger partial charge is 0.494 e. The van der Waals surface area contributed by atoms with Gasteiger partial charge in [0.15, 0.2) is 0 Å². The van der Waals surface area contributed by atoms with Gasteiger partial charge < -0.3 is 14.5 Å². The predicted octanol–water partition coefficient (Wildman–Crippen LogP) is 1.82. The average molecular weight is 320 g/mol. The first-order valence-electron chi connectivity index (χ1n) is 8.07. The number of piperazine rings is 1. The summed E-state index contributed by atoms with van der Waals surface area (Å²) in [6, 6.07) is 5.17. The minimum Gasteiger partial charge on any atom is -0.494 e. The van der Waals surface area contributed by atoms with Gasteiger partial charge in [-0.15, -0.1) is 0 Å². The van der Waals surface area contributed by atoms with Crippen LogP contribution >= 0.6 is 0 Å². The third-order valence-corrected chi connectivity index (χ3v) is 4.55. The number of hydrogen-bond acceptors (Lipinski definition) is 3. The fraction of sp³-hybridized carbons (Fsp3) is 0.529. The van der Waals surface area contributed by atoms with Gasteiger partial charge in [0.2, 0.25) is 11.8 Å². The lowest BCUT2D eigenvalue weighted by atomic mass is 10.1. The van der Waals surface area contributed by atoms with Crippen LogP contribution in [0.5, 0.6) is 5.75 Å². The summed E-state index contributed by atoms with van der Waals surface area (Å²) < 4.78 is 18.3. The fourth-order valence-electron chi connectivity index (χ4n) is 3.30. The zero-order chi connectivity index (χ0) is 16.4. The number of halogens is 1. The summed E-state index contributed by atoms with van der Waals surface area (Å²) in [6.07, 6.45) is 2.30. The van der Waals surface area contributed by atoms with E-state index in [1.807, 2.05) is 0 Å². The van der Waals surface area contributed by atoms with Crippen LogP contribution in [0.15, 0.2) is 24.3 Å². The summed E-state index contributed by atoms with van der Waals surface area (Å²) in [7, 11) is 0. The molecule has 2 atom stereocenters. The fourth-order valence-corrected chi connectivity index (χ4v) is 3.30. The third-order valence-electron chi connectivity index (χ3n) is 4.55. The molecule has 0 saturated carbocycles. The van der Waals surface area contributed by atoms with Crippen molar-refractivity contribution in [2.45, 2.75) is 38.3 Å². The van der Waals surface area contributed by atoms with E-state index in [1.54, 1.807) is 28.9 Å². The van der Waals surface area contributed by atoms with E-state index >= 15 is 0 Å². The van der Waals surface area contributed by atoms with Crippen LogP contribution < -0.4 is 4.74 Å². The number of benzene rings is 1. The van der Waals surface area contributed by atoms with Gasteiger partial charge >= 0.3 is 0 Å². The molecule has 2 saturated heterocycles. The first-order chi connectivity index (χ1) is 11.1. The van der Waals surface area contributed by atoms with Gasteiger partial charge in [0.1, 0.15) is 23.7 Å². The molecule has 124 valence electrons. The first kappa shape index (κ1) is 15.8. The Morgan fingerprint density at radius 3 is 2.70 bits per heavy atom. The molecule has 5 nitrogen and oxygen atoms in total. The highest BCUT2D eigenvalue weighted by molar-refractivity contribution is 5.97. The Hall–Kier alpha value is -2.11. The van der Waals surface area contributed by atoms with Crippen molar-refractivity contribution < 1.29 is 18.7 Å². The monoisotopic (exact) mass is 320 g/mol. The Morgan fingerprint density at radius 1 is 1.22 bits per heavy atom. The number of fused-ring (bicyclic) bond motifs is 1. The average Bonchev–Trinajstić information content (AvgIpc) is 3.04. The summed E-state index contributed by atoms with van der Waals surface area (Å²) in [5.74, 6) is 0.398. The number of amides is 2. The van der Waals surface area contributed by atoms with Gasteiger partial charge in [-0.2, -0.15) is 0 Å². The molecule has 6 heteroatoms. The van der Waals surface area contributed by atoms with E-state index in [1.165, 1.54) is 12.1 Å². The Labute approximate surface area is 135 Å². The van der Waals surface area contributed by atoms with Crippen molar-refractivity contribution >= 4 is 11.8 Å². The number of nitrogens with zero attached hydrogens (tertiary/aromatic N) is 2. The third kappa shape index (κ3) is 3.16. The second-order valence-corrected chi connectivity index (χ2v) is 6.05. The van der Waals surface area contributed by atoms with E-state index in [0.29, 0.717) is 31.9 Å². The van der Waals surface area contributed by atoms with Crippen molar-refractivity contribution in [1.82, 2.24) is 9.80 Å². The van der Waals surface area contributed by atoms with Crippen LogP contribution in [0.2, 0.25) is 0 Å². The van der Waals surface area contributed by atoms with Gasteiger partial charge in [-0.05, 0) is 50.5 Å². The molecule has 1 aromatic rings. The van der Waals surface area contributed by atoms with E-state index in [9.17, 15) is 14.0 Å². The Bertz CT molecular complexity index is 590. The lowest BCUT2D eigenvalue weighted by Crippen LogP contribution is -2.61. The van der Waals surface area contributed by atoms with Crippen LogP contribution in [0, 0.1) is 5.82 Å². The highest BCUT2D eigenvalue weighted by Gasteiger charge is 2.45. The van der Waals surface area contributed by atoms with Crippen molar-refractivity contribution in [1.29, 1.82) is 0 Å². The smallest absolute Gasteiger partial charge is 0.246 e. The maximum atomic E-state index is 12.8.